The molecule has 0 aliphatic carbocycles. The second-order valence-electron chi connectivity index (χ2n) is 6.46. The summed E-state index contributed by atoms with van der Waals surface area (Å²) in [4.78, 5) is 23.9. The summed E-state index contributed by atoms with van der Waals surface area (Å²) in [5, 5.41) is 7.20. The first-order valence-electron chi connectivity index (χ1n) is 9.40. The van der Waals surface area contributed by atoms with Crippen molar-refractivity contribution in [2.24, 2.45) is 5.10 Å². The molecule has 0 atom stereocenters. The van der Waals surface area contributed by atoms with Gasteiger partial charge in [-0.1, -0.05) is 47.5 Å². The quantitative estimate of drug-likeness (QED) is 0.297. The highest BCUT2D eigenvalue weighted by atomic mass is 35.5. The molecule has 0 saturated heterocycles. The number of halogens is 2. The van der Waals surface area contributed by atoms with Crippen LogP contribution in [0, 0.1) is 0 Å². The van der Waals surface area contributed by atoms with Gasteiger partial charge in [0, 0.05) is 5.02 Å². The van der Waals surface area contributed by atoms with Crippen molar-refractivity contribution in [3.8, 4) is 11.5 Å². The van der Waals surface area contributed by atoms with Crippen LogP contribution in [-0.2, 0) is 16.2 Å². The molecular weight excluding hydrogens is 453 g/mol. The van der Waals surface area contributed by atoms with E-state index in [9.17, 15) is 9.59 Å². The topological polar surface area (TPSA) is 89.0 Å². The van der Waals surface area contributed by atoms with Gasteiger partial charge in [0.05, 0.1) is 24.0 Å². The molecule has 2 N–H and O–H groups in total. The van der Waals surface area contributed by atoms with E-state index in [4.69, 9.17) is 32.7 Å². The summed E-state index contributed by atoms with van der Waals surface area (Å²) in [5.74, 6) is -0.789. The lowest BCUT2D eigenvalue weighted by Gasteiger charge is -2.11. The Morgan fingerprint density at radius 1 is 0.969 bits per heavy atom. The maximum absolute atomic E-state index is 12.0. The van der Waals surface area contributed by atoms with Crippen molar-refractivity contribution in [2.45, 2.75) is 6.61 Å². The first kappa shape index (κ1) is 23.1. The van der Waals surface area contributed by atoms with Gasteiger partial charge in [-0.15, -0.1) is 0 Å². The summed E-state index contributed by atoms with van der Waals surface area (Å²) in [6.45, 7) is 0.345. The second kappa shape index (κ2) is 11.2. The van der Waals surface area contributed by atoms with Gasteiger partial charge in [-0.3, -0.25) is 9.59 Å². The number of amides is 2. The van der Waals surface area contributed by atoms with E-state index in [-0.39, 0.29) is 0 Å². The minimum Gasteiger partial charge on any atom is -0.493 e. The van der Waals surface area contributed by atoms with Gasteiger partial charge >= 0.3 is 11.8 Å². The molecular formula is C23H19Cl2N3O4. The molecule has 0 aliphatic heterocycles. The molecule has 0 radical (unpaired) electrons. The largest absolute Gasteiger partial charge is 0.493 e. The minimum absolute atomic E-state index is 0.322. The van der Waals surface area contributed by atoms with Gasteiger partial charge in [-0.2, -0.15) is 5.10 Å². The van der Waals surface area contributed by atoms with Crippen LogP contribution in [-0.4, -0.2) is 25.1 Å². The lowest BCUT2D eigenvalue weighted by Crippen LogP contribution is -2.32. The summed E-state index contributed by atoms with van der Waals surface area (Å²) in [6, 6.07) is 19.1. The highest BCUT2D eigenvalue weighted by Crippen LogP contribution is 2.28. The van der Waals surface area contributed by atoms with Crippen LogP contribution in [0.15, 0.2) is 71.8 Å². The molecule has 0 spiro atoms. The van der Waals surface area contributed by atoms with Gasteiger partial charge < -0.3 is 14.8 Å². The van der Waals surface area contributed by atoms with Crippen LogP contribution in [0.25, 0.3) is 0 Å². The molecule has 0 heterocycles. The number of carbonyl (C=O) groups excluding carboxylic acids is 2. The zero-order valence-corrected chi connectivity index (χ0v) is 18.5. The molecule has 0 bridgehead atoms. The third kappa shape index (κ3) is 6.47. The lowest BCUT2D eigenvalue weighted by atomic mass is 10.2. The number of hydrazone groups is 1. The van der Waals surface area contributed by atoms with Crippen LogP contribution < -0.4 is 20.2 Å². The summed E-state index contributed by atoms with van der Waals surface area (Å²) < 4.78 is 11.2. The van der Waals surface area contributed by atoms with E-state index >= 15 is 0 Å². The zero-order valence-electron chi connectivity index (χ0n) is 17.0. The van der Waals surface area contributed by atoms with Gasteiger partial charge in [0.1, 0.15) is 6.61 Å². The molecule has 7 nitrogen and oxygen atoms in total. The Bertz CT molecular complexity index is 1130. The van der Waals surface area contributed by atoms with Crippen LogP contribution in [0.5, 0.6) is 11.5 Å². The van der Waals surface area contributed by atoms with E-state index in [1.807, 2.05) is 12.1 Å². The standard InChI is InChI=1S/C23H19Cl2N3O4/c1-31-21-12-16(8-11-20(21)32-14-15-6-9-17(24)10-7-15)13-26-28-23(30)22(29)27-19-5-3-2-4-18(19)25/h2-13H,14H2,1H3,(H,27,29)(H,28,30)/b26-13+. The number of nitrogens with zero attached hydrogens (tertiary/aromatic N) is 1. The molecule has 3 aromatic rings. The maximum atomic E-state index is 12.0. The van der Waals surface area contributed by atoms with Gasteiger partial charge in [-0.25, -0.2) is 5.43 Å². The molecule has 0 unspecified atom stereocenters. The Morgan fingerprint density at radius 3 is 2.44 bits per heavy atom. The van der Waals surface area contributed by atoms with Crippen LogP contribution in [0.3, 0.4) is 0 Å². The number of benzene rings is 3. The highest BCUT2D eigenvalue weighted by molar-refractivity contribution is 6.41. The van der Waals surface area contributed by atoms with Crippen LogP contribution in [0.4, 0.5) is 5.69 Å². The zero-order chi connectivity index (χ0) is 22.9. The van der Waals surface area contributed by atoms with Crippen molar-refractivity contribution in [1.82, 2.24) is 5.43 Å². The fraction of sp³-hybridized carbons (Fsp3) is 0.0870. The SMILES string of the molecule is COc1cc(/C=N/NC(=O)C(=O)Nc2ccccc2Cl)ccc1OCc1ccc(Cl)cc1. The number of anilines is 1. The molecule has 0 aliphatic rings. The number of ether oxygens (including phenoxy) is 2. The second-order valence-corrected chi connectivity index (χ2v) is 7.30. The predicted octanol–water partition coefficient (Wildman–Crippen LogP) is 4.67. The molecule has 32 heavy (non-hydrogen) atoms. The fourth-order valence-corrected chi connectivity index (χ4v) is 2.89. The molecule has 9 heteroatoms. The van der Waals surface area contributed by atoms with Crippen molar-refractivity contribution in [3.05, 3.63) is 87.9 Å². The lowest BCUT2D eigenvalue weighted by molar-refractivity contribution is -0.136. The van der Waals surface area contributed by atoms with Crippen molar-refractivity contribution in [1.29, 1.82) is 0 Å². The minimum atomic E-state index is -0.934. The van der Waals surface area contributed by atoms with Crippen LogP contribution >= 0.6 is 23.2 Å². The summed E-state index contributed by atoms with van der Waals surface area (Å²) in [5.41, 5.74) is 4.09. The molecule has 0 aromatic heterocycles. The van der Waals surface area contributed by atoms with Gasteiger partial charge in [0.25, 0.3) is 0 Å². The Labute approximate surface area is 194 Å². The first-order valence-corrected chi connectivity index (χ1v) is 10.2. The number of methoxy groups -OCH3 is 1. The van der Waals surface area contributed by atoms with Crippen molar-refractivity contribution in [2.75, 3.05) is 12.4 Å². The van der Waals surface area contributed by atoms with Crippen LogP contribution in [0.2, 0.25) is 10.0 Å². The average molecular weight is 472 g/mol. The molecule has 2 amide bonds. The third-order valence-electron chi connectivity index (χ3n) is 4.20. The smallest absolute Gasteiger partial charge is 0.329 e. The summed E-state index contributed by atoms with van der Waals surface area (Å²) >= 11 is 11.8. The molecule has 164 valence electrons. The Kier molecular flexibility index (Phi) is 8.08. The van der Waals surface area contributed by atoms with Gasteiger partial charge in [-0.05, 0) is 53.6 Å². The summed E-state index contributed by atoms with van der Waals surface area (Å²) in [7, 11) is 1.52. The van der Waals surface area contributed by atoms with Crippen molar-refractivity contribution < 1.29 is 19.1 Å². The number of hydrogen-bond donors (Lipinski definition) is 2. The van der Waals surface area contributed by atoms with E-state index in [2.05, 4.69) is 15.8 Å². The van der Waals surface area contributed by atoms with E-state index in [0.717, 1.165) is 5.56 Å². The summed E-state index contributed by atoms with van der Waals surface area (Å²) in [6.07, 6.45) is 1.38. The normalized spacial score (nSPS) is 10.6. The average Bonchev–Trinajstić information content (AvgIpc) is 2.80. The fourth-order valence-electron chi connectivity index (χ4n) is 2.58. The van der Waals surface area contributed by atoms with Crippen LogP contribution in [0.1, 0.15) is 11.1 Å². The Morgan fingerprint density at radius 2 is 1.72 bits per heavy atom. The molecule has 3 aromatic carbocycles. The first-order chi connectivity index (χ1) is 15.5. The van der Waals surface area contributed by atoms with Gasteiger partial charge in [0.15, 0.2) is 11.5 Å². The predicted molar refractivity (Wildman–Crippen MR) is 125 cm³/mol. The van der Waals surface area contributed by atoms with E-state index in [0.29, 0.717) is 39.4 Å². The van der Waals surface area contributed by atoms with Crippen molar-refractivity contribution >= 4 is 46.9 Å². The van der Waals surface area contributed by atoms with Crippen molar-refractivity contribution in [3.63, 3.8) is 0 Å². The van der Waals surface area contributed by atoms with E-state index in [1.54, 1.807) is 54.6 Å². The number of hydrogen-bond acceptors (Lipinski definition) is 5. The van der Waals surface area contributed by atoms with E-state index in [1.165, 1.54) is 13.3 Å². The maximum Gasteiger partial charge on any atom is 0.329 e. The number of rotatable bonds is 7. The number of para-hydroxylation sites is 1. The Balaban J connectivity index is 1.57. The van der Waals surface area contributed by atoms with Gasteiger partial charge in [0.2, 0.25) is 0 Å². The monoisotopic (exact) mass is 471 g/mol. The molecule has 3 rings (SSSR count). The molecule has 0 saturated carbocycles. The highest BCUT2D eigenvalue weighted by Gasteiger charge is 2.14. The third-order valence-corrected chi connectivity index (χ3v) is 4.78. The number of nitrogens with one attached hydrogen (secondary N) is 2. The Hall–Kier alpha value is -3.55. The molecule has 0 fully saturated rings. The van der Waals surface area contributed by atoms with E-state index < -0.39 is 11.8 Å². The number of carbonyl (C=O) groups is 2.